The van der Waals surface area contributed by atoms with Crippen molar-refractivity contribution in [1.82, 2.24) is 19.2 Å². The van der Waals surface area contributed by atoms with Crippen molar-refractivity contribution in [1.29, 1.82) is 0 Å². The maximum atomic E-state index is 12.2. The zero-order chi connectivity index (χ0) is 29.1. The fraction of sp³-hybridized carbons (Fsp3) is 0.417. The Morgan fingerprint density at radius 3 is 2.08 bits per heavy atom. The van der Waals surface area contributed by atoms with E-state index in [9.17, 15) is 19.2 Å². The van der Waals surface area contributed by atoms with E-state index in [1.165, 1.54) is 16.0 Å². The number of fused-ring (bicyclic) bond motifs is 1. The fourth-order valence-electron chi connectivity index (χ4n) is 4.13. The summed E-state index contributed by atoms with van der Waals surface area (Å²) in [5.74, 6) is -2.77. The molecule has 14 nitrogen and oxygen atoms in total. The zero-order valence-electron chi connectivity index (χ0n) is 21.7. The summed E-state index contributed by atoms with van der Waals surface area (Å²) >= 11 is 11.2. The van der Waals surface area contributed by atoms with Crippen LogP contribution in [0.15, 0.2) is 34.7 Å². The molecule has 1 aliphatic heterocycles. The lowest BCUT2D eigenvalue weighted by molar-refractivity contribution is -0.269. The summed E-state index contributed by atoms with van der Waals surface area (Å²) in [7, 11) is 0. The van der Waals surface area contributed by atoms with E-state index in [2.05, 4.69) is 10.1 Å². The van der Waals surface area contributed by atoms with Crippen LogP contribution < -0.4 is 0 Å². The number of ether oxygens (including phenoxy) is 5. The minimum Gasteiger partial charge on any atom is -0.463 e. The van der Waals surface area contributed by atoms with Gasteiger partial charge in [0.2, 0.25) is 15.4 Å². The van der Waals surface area contributed by atoms with Crippen molar-refractivity contribution in [3.05, 3.63) is 39.9 Å². The Hall–Kier alpha value is -4.02. The van der Waals surface area contributed by atoms with Gasteiger partial charge in [-0.05, 0) is 36.6 Å². The maximum Gasteiger partial charge on any atom is 0.330 e. The summed E-state index contributed by atoms with van der Waals surface area (Å²) in [5.41, 5.74) is 0.646. The number of esters is 4. The lowest BCUT2D eigenvalue weighted by Crippen LogP contribution is -2.60. The molecule has 3 heterocycles. The van der Waals surface area contributed by atoms with Crippen LogP contribution in [0, 0.1) is 9.54 Å². The van der Waals surface area contributed by atoms with E-state index in [-0.39, 0.29) is 21.3 Å². The molecule has 1 fully saturated rings. The van der Waals surface area contributed by atoms with Gasteiger partial charge in [0.05, 0.1) is 0 Å². The molecule has 40 heavy (non-hydrogen) atoms. The smallest absolute Gasteiger partial charge is 0.330 e. The second-order valence-electron chi connectivity index (χ2n) is 8.60. The number of carbonyl (C=O) groups is 4. The molecule has 0 unspecified atom stereocenters. The maximum absolute atomic E-state index is 12.2. The molecule has 0 amide bonds. The molecule has 2 aromatic heterocycles. The van der Waals surface area contributed by atoms with E-state index < -0.39 is 61.1 Å². The number of hydrogen-bond acceptors (Lipinski definition) is 14. The van der Waals surface area contributed by atoms with Gasteiger partial charge in [-0.1, -0.05) is 18.2 Å². The molecule has 1 aromatic carbocycles. The normalized spacial score (nSPS) is 22.4. The first-order chi connectivity index (χ1) is 19.0. The van der Waals surface area contributed by atoms with Gasteiger partial charge < -0.3 is 28.1 Å². The summed E-state index contributed by atoms with van der Waals surface area (Å²) in [6, 6.07) is 8.98. The van der Waals surface area contributed by atoms with Crippen molar-refractivity contribution >= 4 is 54.2 Å². The zero-order valence-corrected chi connectivity index (χ0v) is 23.3. The highest BCUT2D eigenvalue weighted by Gasteiger charge is 2.53. The monoisotopic (exact) mass is 592 g/mol. The first kappa shape index (κ1) is 29.0. The summed E-state index contributed by atoms with van der Waals surface area (Å²) in [6.07, 6.45) is -6.79. The number of benzene rings is 1. The Labute approximate surface area is 236 Å². The molecule has 0 aliphatic carbocycles. The van der Waals surface area contributed by atoms with Gasteiger partial charge in [0.1, 0.15) is 12.7 Å². The summed E-state index contributed by atoms with van der Waals surface area (Å²) < 4.78 is 35.6. The van der Waals surface area contributed by atoms with Gasteiger partial charge in [-0.15, -0.1) is 5.10 Å². The molecular formula is C24H24N4O10S2. The molecule has 0 radical (unpaired) electrons. The predicted octanol–water partition coefficient (Wildman–Crippen LogP) is 2.51. The highest BCUT2D eigenvalue weighted by molar-refractivity contribution is 7.72. The third-order valence-corrected chi connectivity index (χ3v) is 6.24. The van der Waals surface area contributed by atoms with Gasteiger partial charge in [0.25, 0.3) is 0 Å². The molecule has 16 heteroatoms. The third-order valence-electron chi connectivity index (χ3n) is 5.59. The molecule has 0 saturated carbocycles. The van der Waals surface area contributed by atoms with Crippen molar-refractivity contribution < 1.29 is 47.3 Å². The minimum absolute atomic E-state index is 0.0178. The van der Waals surface area contributed by atoms with Crippen molar-refractivity contribution in [2.75, 3.05) is 6.61 Å². The summed E-state index contributed by atoms with van der Waals surface area (Å²) in [5, 5.41) is 4.39. The summed E-state index contributed by atoms with van der Waals surface area (Å²) in [4.78, 5) is 52.1. The van der Waals surface area contributed by atoms with Crippen molar-refractivity contribution in [2.24, 2.45) is 0 Å². The quantitative estimate of drug-likeness (QED) is 0.223. The number of hydrogen-bond donors (Lipinski definition) is 0. The topological polar surface area (TPSA) is 163 Å². The van der Waals surface area contributed by atoms with Crippen LogP contribution in [0.4, 0.5) is 0 Å². The van der Waals surface area contributed by atoms with Crippen LogP contribution >= 0.6 is 24.4 Å². The van der Waals surface area contributed by atoms with E-state index in [4.69, 9.17) is 52.5 Å². The van der Waals surface area contributed by atoms with Gasteiger partial charge in [-0.2, -0.15) is 9.50 Å². The van der Waals surface area contributed by atoms with Crippen molar-refractivity contribution in [3.8, 4) is 11.5 Å². The summed E-state index contributed by atoms with van der Waals surface area (Å²) in [6.45, 7) is 4.13. The first-order valence-electron chi connectivity index (χ1n) is 11.8. The lowest BCUT2D eigenvalue weighted by atomic mass is 9.97. The highest BCUT2D eigenvalue weighted by Crippen LogP contribution is 2.35. The van der Waals surface area contributed by atoms with Crippen molar-refractivity contribution in [2.45, 2.75) is 58.3 Å². The van der Waals surface area contributed by atoms with Gasteiger partial charge in [-0.3, -0.25) is 23.7 Å². The largest absolute Gasteiger partial charge is 0.463 e. The van der Waals surface area contributed by atoms with Crippen molar-refractivity contribution in [3.63, 3.8) is 0 Å². The molecule has 1 aliphatic rings. The second-order valence-corrected chi connectivity index (χ2v) is 9.33. The van der Waals surface area contributed by atoms with Gasteiger partial charge in [0, 0.05) is 33.3 Å². The number of aromatic nitrogens is 4. The third kappa shape index (κ3) is 6.24. The average molecular weight is 593 g/mol. The van der Waals surface area contributed by atoms with E-state index in [0.29, 0.717) is 5.56 Å². The fourth-order valence-corrected chi connectivity index (χ4v) is 4.76. The minimum atomic E-state index is -1.44. The molecule has 1 saturated heterocycles. The lowest BCUT2D eigenvalue weighted by Gasteiger charge is -2.44. The van der Waals surface area contributed by atoms with Crippen LogP contribution in [-0.4, -0.2) is 74.1 Å². The van der Waals surface area contributed by atoms with E-state index >= 15 is 0 Å². The number of carbonyl (C=O) groups excluding carboxylic acids is 4. The van der Waals surface area contributed by atoms with Crippen LogP contribution in [-0.2, 0) is 42.9 Å². The molecule has 212 valence electrons. The first-order valence-corrected chi connectivity index (χ1v) is 12.7. The van der Waals surface area contributed by atoms with Crippen LogP contribution in [0.1, 0.15) is 33.9 Å². The number of rotatable bonds is 7. The Kier molecular flexibility index (Phi) is 8.70. The predicted molar refractivity (Wildman–Crippen MR) is 138 cm³/mol. The molecule has 4 rings (SSSR count). The second kappa shape index (κ2) is 12.0. The molecule has 0 N–H and O–H groups in total. The standard InChI is InChI=1S/C24H24N4O10S2/c1-11(29)33-10-16-17(34-12(2)30)18(35-13(3)31)19(36-14(4)32)21(37-16)27-23(39)25-22-28(24(27)40)26-20(38-22)15-8-6-5-7-9-15/h5-9,16-19,21H,10H2,1-4H3/t16-,17+,18+,19-,21-/m1/s1. The molecule has 5 atom stereocenters. The Balaban J connectivity index is 1.88. The Bertz CT molecular complexity index is 1570. The Morgan fingerprint density at radius 1 is 0.875 bits per heavy atom. The Morgan fingerprint density at radius 2 is 1.48 bits per heavy atom. The molecule has 0 spiro atoms. The van der Waals surface area contributed by atoms with Crippen LogP contribution in [0.2, 0.25) is 0 Å². The van der Waals surface area contributed by atoms with Gasteiger partial charge >= 0.3 is 29.7 Å². The highest BCUT2D eigenvalue weighted by atomic mass is 32.1. The van der Waals surface area contributed by atoms with Crippen LogP contribution in [0.25, 0.3) is 17.3 Å². The van der Waals surface area contributed by atoms with Gasteiger partial charge in [0.15, 0.2) is 24.5 Å². The van der Waals surface area contributed by atoms with E-state index in [0.717, 1.165) is 20.8 Å². The van der Waals surface area contributed by atoms with Crippen LogP contribution in [0.3, 0.4) is 0 Å². The van der Waals surface area contributed by atoms with Gasteiger partial charge in [-0.25, -0.2) is 0 Å². The molecule has 3 aromatic rings. The van der Waals surface area contributed by atoms with Crippen LogP contribution in [0.5, 0.6) is 0 Å². The SMILES string of the molecule is CC(=O)OC[C@H]1O[C@@H](n2c(=S)nc3oc(-c4ccccc4)nn3c2=S)[C@H](OC(C)=O)[C@@H](OC(C)=O)[C@H]1OC(C)=O. The number of nitrogens with zero attached hydrogens (tertiary/aromatic N) is 4. The molecular weight excluding hydrogens is 568 g/mol. The van der Waals surface area contributed by atoms with E-state index in [1.54, 1.807) is 24.3 Å². The van der Waals surface area contributed by atoms with E-state index in [1.807, 2.05) is 6.07 Å². The average Bonchev–Trinajstić information content (AvgIpc) is 3.30. The molecule has 0 bridgehead atoms.